The molecule has 0 atom stereocenters. The highest BCUT2D eigenvalue weighted by atomic mass is 127. The molecule has 162 valence electrons. The van der Waals surface area contributed by atoms with Crippen molar-refractivity contribution < 1.29 is 8.42 Å². The van der Waals surface area contributed by atoms with Gasteiger partial charge in [0.25, 0.3) is 0 Å². The Morgan fingerprint density at radius 3 is 2.27 bits per heavy atom. The Hall–Kier alpha value is -1.65. The van der Waals surface area contributed by atoms with Crippen molar-refractivity contribution in [2.75, 3.05) is 13.6 Å². The number of rotatable bonds is 8. The van der Waals surface area contributed by atoms with E-state index in [1.807, 2.05) is 18.2 Å². The van der Waals surface area contributed by atoms with Gasteiger partial charge < -0.3 is 10.6 Å². The van der Waals surface area contributed by atoms with E-state index in [0.717, 1.165) is 30.9 Å². The summed E-state index contributed by atoms with van der Waals surface area (Å²) in [5, 5.41) is 6.75. The number of guanidine groups is 1. The highest BCUT2D eigenvalue weighted by Gasteiger charge is 2.44. The van der Waals surface area contributed by atoms with Gasteiger partial charge in [-0.25, -0.2) is 13.1 Å². The number of hydrogen-bond acceptors (Lipinski definition) is 3. The first-order valence-electron chi connectivity index (χ1n) is 10.1. The van der Waals surface area contributed by atoms with Crippen LogP contribution in [0.1, 0.15) is 36.8 Å². The van der Waals surface area contributed by atoms with E-state index >= 15 is 0 Å². The minimum Gasteiger partial charge on any atom is -0.356 e. The molecule has 0 amide bonds. The molecular formula is C22H29IN4O2S. The van der Waals surface area contributed by atoms with Gasteiger partial charge in [0, 0.05) is 31.6 Å². The van der Waals surface area contributed by atoms with Gasteiger partial charge in [-0.1, -0.05) is 42.5 Å². The van der Waals surface area contributed by atoms with Crippen LogP contribution < -0.4 is 15.4 Å². The first-order valence-corrected chi connectivity index (χ1v) is 11.6. The third-order valence-electron chi connectivity index (χ3n) is 5.65. The summed E-state index contributed by atoms with van der Waals surface area (Å²) in [6.45, 7) is 1.43. The molecule has 2 aliphatic carbocycles. The predicted octanol–water partition coefficient (Wildman–Crippen LogP) is 3.14. The summed E-state index contributed by atoms with van der Waals surface area (Å²) in [4.78, 5) is 4.63. The van der Waals surface area contributed by atoms with Crippen molar-refractivity contribution in [3.63, 3.8) is 0 Å². The summed E-state index contributed by atoms with van der Waals surface area (Å²) >= 11 is 0. The first kappa shape index (κ1) is 23.0. The van der Waals surface area contributed by atoms with E-state index in [-0.39, 0.29) is 35.4 Å². The van der Waals surface area contributed by atoms with Crippen LogP contribution >= 0.6 is 24.0 Å². The molecule has 0 unspecified atom stereocenters. The lowest BCUT2D eigenvalue weighted by atomic mass is 9.96. The summed E-state index contributed by atoms with van der Waals surface area (Å²) in [5.41, 5.74) is 2.59. The molecule has 2 fully saturated rings. The second kappa shape index (κ2) is 9.65. The SMILES string of the molecule is CN=C(NCc1ccc(S(=O)(=O)NC2CC2)cc1)NCC1(c2ccccc2)CC1.I. The Morgan fingerprint density at radius 2 is 1.70 bits per heavy atom. The fourth-order valence-corrected chi connectivity index (χ4v) is 4.75. The molecule has 2 aliphatic rings. The van der Waals surface area contributed by atoms with E-state index in [4.69, 9.17) is 0 Å². The van der Waals surface area contributed by atoms with Gasteiger partial charge in [-0.15, -0.1) is 24.0 Å². The second-order valence-corrected chi connectivity index (χ2v) is 9.68. The Balaban J connectivity index is 0.00000256. The van der Waals surface area contributed by atoms with E-state index in [2.05, 4.69) is 44.6 Å². The Kier molecular flexibility index (Phi) is 7.41. The van der Waals surface area contributed by atoms with Crippen LogP contribution in [0.3, 0.4) is 0 Å². The molecule has 6 nitrogen and oxygen atoms in total. The molecule has 2 aromatic carbocycles. The van der Waals surface area contributed by atoms with Gasteiger partial charge in [-0.3, -0.25) is 4.99 Å². The van der Waals surface area contributed by atoms with Gasteiger partial charge in [0.05, 0.1) is 4.90 Å². The van der Waals surface area contributed by atoms with Gasteiger partial charge in [-0.05, 0) is 48.9 Å². The molecule has 0 aliphatic heterocycles. The van der Waals surface area contributed by atoms with Crippen molar-refractivity contribution in [2.24, 2.45) is 4.99 Å². The smallest absolute Gasteiger partial charge is 0.240 e. The van der Waals surface area contributed by atoms with Crippen LogP contribution in [-0.4, -0.2) is 34.0 Å². The highest BCUT2D eigenvalue weighted by molar-refractivity contribution is 14.0. The van der Waals surface area contributed by atoms with Crippen molar-refractivity contribution in [1.29, 1.82) is 0 Å². The van der Waals surface area contributed by atoms with Crippen molar-refractivity contribution in [1.82, 2.24) is 15.4 Å². The van der Waals surface area contributed by atoms with Crippen molar-refractivity contribution in [3.05, 3.63) is 65.7 Å². The predicted molar refractivity (Wildman–Crippen MR) is 131 cm³/mol. The number of sulfonamides is 1. The minimum atomic E-state index is -3.40. The van der Waals surface area contributed by atoms with E-state index in [9.17, 15) is 8.42 Å². The van der Waals surface area contributed by atoms with Crippen LogP contribution in [-0.2, 0) is 22.0 Å². The van der Waals surface area contributed by atoms with Crippen molar-refractivity contribution in [3.8, 4) is 0 Å². The maximum Gasteiger partial charge on any atom is 0.240 e. The van der Waals surface area contributed by atoms with E-state index in [1.165, 1.54) is 18.4 Å². The molecule has 0 bridgehead atoms. The van der Waals surface area contributed by atoms with E-state index < -0.39 is 10.0 Å². The minimum absolute atomic E-state index is 0. The highest BCUT2D eigenvalue weighted by Crippen LogP contribution is 2.47. The molecule has 0 aromatic heterocycles. The fraction of sp³-hybridized carbons (Fsp3) is 0.409. The summed E-state index contributed by atoms with van der Waals surface area (Å²) in [5.74, 6) is 0.749. The third kappa shape index (κ3) is 5.73. The first-order chi connectivity index (χ1) is 14.0. The molecule has 8 heteroatoms. The summed E-state index contributed by atoms with van der Waals surface area (Å²) in [6, 6.07) is 17.7. The van der Waals surface area contributed by atoms with E-state index in [1.54, 1.807) is 19.2 Å². The molecule has 0 heterocycles. The van der Waals surface area contributed by atoms with Crippen LogP contribution in [0, 0.1) is 0 Å². The van der Waals surface area contributed by atoms with E-state index in [0.29, 0.717) is 11.4 Å². The van der Waals surface area contributed by atoms with Crippen molar-refractivity contribution in [2.45, 2.75) is 48.6 Å². The standard InChI is InChI=1S/C22H28N4O2S.HI/c1-23-21(25-16-22(13-14-22)18-5-3-2-4-6-18)24-15-17-7-11-20(12-8-17)29(27,28)26-19-9-10-19;/h2-8,11-12,19,26H,9-10,13-16H2,1H3,(H2,23,24,25);1H. The summed E-state index contributed by atoms with van der Waals surface area (Å²) in [7, 11) is -1.64. The van der Waals surface area contributed by atoms with Gasteiger partial charge in [-0.2, -0.15) is 0 Å². The number of benzene rings is 2. The lowest BCUT2D eigenvalue weighted by Gasteiger charge is -2.19. The molecule has 0 spiro atoms. The van der Waals surface area contributed by atoms with Gasteiger partial charge in [0.2, 0.25) is 10.0 Å². The maximum atomic E-state index is 12.3. The van der Waals surface area contributed by atoms with Crippen LogP contribution in [0.2, 0.25) is 0 Å². The molecule has 2 saturated carbocycles. The molecule has 0 radical (unpaired) electrons. The largest absolute Gasteiger partial charge is 0.356 e. The Labute approximate surface area is 196 Å². The zero-order valence-corrected chi connectivity index (χ0v) is 20.2. The maximum absolute atomic E-state index is 12.3. The van der Waals surface area contributed by atoms with Gasteiger partial charge in [0.1, 0.15) is 0 Å². The quantitative estimate of drug-likeness (QED) is 0.273. The summed E-state index contributed by atoms with van der Waals surface area (Å²) < 4.78 is 27.2. The normalized spacial score (nSPS) is 17.7. The number of nitrogens with one attached hydrogen (secondary N) is 3. The van der Waals surface area contributed by atoms with Crippen LogP contribution in [0.25, 0.3) is 0 Å². The van der Waals surface area contributed by atoms with Crippen LogP contribution in [0.5, 0.6) is 0 Å². The van der Waals surface area contributed by atoms with Gasteiger partial charge >= 0.3 is 0 Å². The second-order valence-electron chi connectivity index (χ2n) is 7.97. The average Bonchev–Trinajstić information content (AvgIpc) is 3.66. The monoisotopic (exact) mass is 540 g/mol. The van der Waals surface area contributed by atoms with Crippen LogP contribution in [0.15, 0.2) is 64.5 Å². The number of nitrogens with zero attached hydrogens (tertiary/aromatic N) is 1. The molecule has 0 saturated heterocycles. The molecule has 2 aromatic rings. The topological polar surface area (TPSA) is 82.6 Å². The van der Waals surface area contributed by atoms with Gasteiger partial charge in [0.15, 0.2) is 5.96 Å². The molecule has 4 rings (SSSR count). The van der Waals surface area contributed by atoms with Crippen molar-refractivity contribution >= 4 is 40.0 Å². The lowest BCUT2D eigenvalue weighted by Crippen LogP contribution is -2.40. The number of aliphatic imine (C=N–C) groups is 1. The number of halogens is 1. The Morgan fingerprint density at radius 1 is 1.03 bits per heavy atom. The van der Waals surface area contributed by atoms with Crippen LogP contribution in [0.4, 0.5) is 0 Å². The fourth-order valence-electron chi connectivity index (χ4n) is 3.44. The molecular weight excluding hydrogens is 511 g/mol. The zero-order valence-electron chi connectivity index (χ0n) is 17.1. The Bertz CT molecular complexity index is 970. The molecule has 3 N–H and O–H groups in total. The zero-order chi connectivity index (χ0) is 20.3. The lowest BCUT2D eigenvalue weighted by molar-refractivity contribution is 0.581. The third-order valence-corrected chi connectivity index (χ3v) is 7.19. The number of hydrogen-bond donors (Lipinski definition) is 3. The molecule has 30 heavy (non-hydrogen) atoms. The average molecular weight is 540 g/mol. The summed E-state index contributed by atoms with van der Waals surface area (Å²) in [6.07, 6.45) is 4.23.